The van der Waals surface area contributed by atoms with Crippen molar-refractivity contribution in [2.75, 3.05) is 0 Å². The van der Waals surface area contributed by atoms with Crippen molar-refractivity contribution in [2.24, 2.45) is 0 Å². The van der Waals surface area contributed by atoms with Crippen LogP contribution in [0, 0.1) is 11.8 Å². The zero-order chi connectivity index (χ0) is 18.6. The summed E-state index contributed by atoms with van der Waals surface area (Å²) >= 11 is 0. The van der Waals surface area contributed by atoms with Crippen LogP contribution in [0.4, 0.5) is 25.2 Å². The average molecular weight is 376 g/mol. The molecule has 0 atom stereocenters. The molecule has 0 radical (unpaired) electrons. The quantitative estimate of drug-likeness (QED) is 0.216. The summed E-state index contributed by atoms with van der Waals surface area (Å²) in [4.78, 5) is 4.18. The number of halogens is 6. The Bertz CT molecular complexity index is 933. The van der Waals surface area contributed by atoms with Gasteiger partial charge >= 0.3 is 33.0 Å². The number of rotatable bonds is 0. The van der Waals surface area contributed by atoms with Crippen molar-refractivity contribution < 1.29 is 29.6 Å². The summed E-state index contributed by atoms with van der Waals surface area (Å²) in [6.07, 6.45) is 5.78. The predicted octanol–water partition coefficient (Wildman–Crippen LogP) is 5.60. The molecule has 0 fully saturated rings. The van der Waals surface area contributed by atoms with E-state index in [1.165, 1.54) is 0 Å². The van der Waals surface area contributed by atoms with Crippen molar-refractivity contribution in [2.45, 2.75) is 0 Å². The van der Waals surface area contributed by atoms with Crippen molar-refractivity contribution in [3.63, 3.8) is 0 Å². The molecule has 3 rings (SSSR count). The molecule has 0 aromatic carbocycles. The Labute approximate surface area is 139 Å². The van der Waals surface area contributed by atoms with E-state index in [2.05, 4.69) is 33.4 Å². The molecule has 0 amide bonds. The molecule has 2 nitrogen and oxygen atoms in total. The molecule has 3 aromatic rings. The minimum absolute atomic E-state index is 0.790. The van der Waals surface area contributed by atoms with Crippen LogP contribution < -0.4 is 4.40 Å². The molecule has 3 aromatic heterocycles. The molecule has 0 bridgehead atoms. The first kappa shape index (κ1) is 18.7. The molecular weight excluding hydrogens is 365 g/mol. The van der Waals surface area contributed by atoms with Gasteiger partial charge in [0.2, 0.25) is 5.52 Å². The third kappa shape index (κ3) is 8.68. The van der Waals surface area contributed by atoms with Crippen LogP contribution in [0.2, 0.25) is 0 Å². The number of aromatic nitrogens is 2. The summed E-state index contributed by atoms with van der Waals surface area (Å²) in [5.41, 5.74) is 2.91. The van der Waals surface area contributed by atoms with Crippen molar-refractivity contribution >= 4 is 13.3 Å². The molecule has 0 aliphatic rings. The van der Waals surface area contributed by atoms with Crippen LogP contribution in [-0.2, 0) is 0 Å². The van der Waals surface area contributed by atoms with E-state index in [0.717, 1.165) is 16.8 Å². The van der Waals surface area contributed by atoms with E-state index in [4.69, 9.17) is 0 Å². The van der Waals surface area contributed by atoms with Crippen molar-refractivity contribution in [3.05, 3.63) is 78.4 Å². The second kappa shape index (κ2) is 6.01. The Hall–Kier alpha value is -2.65. The van der Waals surface area contributed by atoms with Crippen molar-refractivity contribution in [1.82, 2.24) is 4.98 Å². The second-order valence-electron chi connectivity index (χ2n) is 4.87. The first-order valence-electron chi connectivity index (χ1n) is 6.76. The van der Waals surface area contributed by atoms with Gasteiger partial charge in [0, 0.05) is 36.0 Å². The standard InChI is InChI=1S/C16H11N2.F6P/c1-3-10-17-15(5-1)8-7-14-9-12-18-11-4-2-6-16(18)13-14;1-7(2,3,4,5)6/h1-6,9-13H;/q+1;-1. The van der Waals surface area contributed by atoms with E-state index in [0.29, 0.717) is 0 Å². The molecule has 0 N–H and O–H groups in total. The average Bonchev–Trinajstić information content (AvgIpc) is 2.51. The Kier molecular flexibility index (Phi) is 4.49. The molecule has 0 aliphatic carbocycles. The molecule has 0 spiro atoms. The van der Waals surface area contributed by atoms with Crippen molar-refractivity contribution in [1.29, 1.82) is 0 Å². The summed E-state index contributed by atoms with van der Waals surface area (Å²) in [7, 11) is -10.7. The first-order valence-corrected chi connectivity index (χ1v) is 8.79. The first-order chi connectivity index (χ1) is 11.4. The zero-order valence-electron chi connectivity index (χ0n) is 12.5. The summed E-state index contributed by atoms with van der Waals surface area (Å²) < 4.78 is 61.3. The Morgan fingerprint density at radius 3 is 2.12 bits per heavy atom. The fourth-order valence-electron chi connectivity index (χ4n) is 1.75. The molecule has 0 unspecified atom stereocenters. The number of fused-ring (bicyclic) bond motifs is 1. The molecule has 132 valence electrons. The van der Waals surface area contributed by atoms with Crippen LogP contribution >= 0.6 is 7.81 Å². The van der Waals surface area contributed by atoms with E-state index in [1.54, 1.807) is 6.20 Å². The van der Waals surface area contributed by atoms with Crippen molar-refractivity contribution in [3.8, 4) is 11.8 Å². The van der Waals surface area contributed by atoms with Gasteiger partial charge in [-0.3, -0.25) is 0 Å². The monoisotopic (exact) mass is 376 g/mol. The Morgan fingerprint density at radius 2 is 1.48 bits per heavy atom. The van der Waals surface area contributed by atoms with Gasteiger partial charge in [0.15, 0.2) is 12.4 Å². The molecule has 9 heteroatoms. The van der Waals surface area contributed by atoms with Crippen LogP contribution in [0.25, 0.3) is 5.52 Å². The maximum atomic E-state index is 9.87. The third-order valence-corrected chi connectivity index (χ3v) is 2.64. The number of hydrogen-bond donors (Lipinski definition) is 0. The molecule has 0 saturated carbocycles. The molecule has 25 heavy (non-hydrogen) atoms. The number of nitrogens with zero attached hydrogens (tertiary/aromatic N) is 2. The molecule has 3 heterocycles. The minimum atomic E-state index is -10.7. The fraction of sp³-hybridized carbons (Fsp3) is 0. The van der Waals surface area contributed by atoms with Gasteiger partial charge in [-0.05, 0) is 24.1 Å². The van der Waals surface area contributed by atoms with Gasteiger partial charge in [-0.15, -0.1) is 0 Å². The van der Waals surface area contributed by atoms with E-state index in [1.807, 2.05) is 48.8 Å². The predicted molar refractivity (Wildman–Crippen MR) is 83.4 cm³/mol. The molecule has 0 saturated heterocycles. The fourth-order valence-corrected chi connectivity index (χ4v) is 1.75. The zero-order valence-corrected chi connectivity index (χ0v) is 13.4. The summed E-state index contributed by atoms with van der Waals surface area (Å²) in [6.45, 7) is 0. The van der Waals surface area contributed by atoms with Crippen LogP contribution in [0.15, 0.2) is 67.1 Å². The number of pyridine rings is 3. The Morgan fingerprint density at radius 1 is 0.800 bits per heavy atom. The molecule has 0 aliphatic heterocycles. The van der Waals surface area contributed by atoms with Gasteiger partial charge in [0.1, 0.15) is 5.69 Å². The second-order valence-corrected chi connectivity index (χ2v) is 6.79. The van der Waals surface area contributed by atoms with E-state index in [-0.39, 0.29) is 0 Å². The maximum absolute atomic E-state index is 10.7. The Balaban J connectivity index is 0.000000277. The summed E-state index contributed by atoms with van der Waals surface area (Å²) in [6, 6.07) is 15.9. The van der Waals surface area contributed by atoms with Gasteiger partial charge in [-0.2, -0.15) is 4.40 Å². The van der Waals surface area contributed by atoms with E-state index in [9.17, 15) is 25.2 Å². The third-order valence-electron chi connectivity index (χ3n) is 2.64. The summed E-state index contributed by atoms with van der Waals surface area (Å²) in [5.74, 6) is 6.18. The normalized spacial score (nSPS) is 13.5. The van der Waals surface area contributed by atoms with Crippen LogP contribution in [-0.4, -0.2) is 4.98 Å². The van der Waals surface area contributed by atoms with Gasteiger partial charge in [0.25, 0.3) is 0 Å². The summed E-state index contributed by atoms with van der Waals surface area (Å²) in [5, 5.41) is 0. The van der Waals surface area contributed by atoms with Crippen LogP contribution in [0.1, 0.15) is 11.3 Å². The van der Waals surface area contributed by atoms with Gasteiger partial charge in [-0.25, -0.2) is 4.98 Å². The van der Waals surface area contributed by atoms with Gasteiger partial charge in [0.05, 0.1) is 0 Å². The van der Waals surface area contributed by atoms with E-state index >= 15 is 0 Å². The molecular formula is C16H11F6N2P. The van der Waals surface area contributed by atoms with Gasteiger partial charge in [-0.1, -0.05) is 12.0 Å². The van der Waals surface area contributed by atoms with Crippen LogP contribution in [0.3, 0.4) is 0 Å². The van der Waals surface area contributed by atoms with E-state index < -0.39 is 7.81 Å². The SMILES string of the molecule is C(#Cc1ccccn1)c1cc[n+]2ccccc2c1.F[P-](F)(F)(F)(F)F. The van der Waals surface area contributed by atoms with Gasteiger partial charge < -0.3 is 0 Å². The van der Waals surface area contributed by atoms with Crippen LogP contribution in [0.5, 0.6) is 0 Å². The topological polar surface area (TPSA) is 17.0 Å². The number of hydrogen-bond acceptors (Lipinski definition) is 1.